The molecule has 0 aliphatic carbocycles. The number of piperazine rings is 1. The molecule has 7 heteroatoms. The Morgan fingerprint density at radius 1 is 1.39 bits per heavy atom. The molecule has 18 heavy (non-hydrogen) atoms. The predicted molar refractivity (Wildman–Crippen MR) is 61.3 cm³/mol. The number of carbonyl (C=O) groups excluding carboxylic acids is 2. The lowest BCUT2D eigenvalue weighted by Gasteiger charge is -2.33. The van der Waals surface area contributed by atoms with E-state index in [1.54, 1.807) is 0 Å². The maximum atomic E-state index is 13.7. The summed E-state index contributed by atoms with van der Waals surface area (Å²) in [5, 5.41) is 2.11. The third kappa shape index (κ3) is 2.03. The molecule has 1 heterocycles. The highest BCUT2D eigenvalue weighted by atomic mass is 35.5. The number of hydrogen-bond acceptors (Lipinski definition) is 2. The quantitative estimate of drug-likeness (QED) is 0.843. The number of nitrogens with zero attached hydrogens (tertiary/aromatic N) is 1. The summed E-state index contributed by atoms with van der Waals surface area (Å²) in [6.45, 7) is 1.20. The van der Waals surface area contributed by atoms with Gasteiger partial charge in [-0.2, -0.15) is 0 Å². The second-order valence-corrected chi connectivity index (χ2v) is 4.28. The molecule has 1 atom stereocenters. The lowest BCUT2D eigenvalue weighted by molar-refractivity contribution is -0.130. The van der Waals surface area contributed by atoms with Gasteiger partial charge in [0.2, 0.25) is 11.8 Å². The van der Waals surface area contributed by atoms with Crippen molar-refractivity contribution in [3.8, 4) is 0 Å². The summed E-state index contributed by atoms with van der Waals surface area (Å²) in [6, 6.07) is 0.615. The van der Waals surface area contributed by atoms with Crippen molar-refractivity contribution in [3.63, 3.8) is 0 Å². The average Bonchev–Trinajstić information content (AvgIpc) is 2.27. The van der Waals surface area contributed by atoms with E-state index in [9.17, 15) is 18.4 Å². The molecule has 0 spiro atoms. The molecular formula is C11H9ClF2N2O2. The van der Waals surface area contributed by atoms with Crippen LogP contribution in [0.25, 0.3) is 0 Å². The molecule has 1 aliphatic heterocycles. The van der Waals surface area contributed by atoms with Gasteiger partial charge >= 0.3 is 0 Å². The Labute approximate surface area is 107 Å². The first-order chi connectivity index (χ1) is 8.41. The lowest BCUT2D eigenvalue weighted by atomic mass is 10.1. The van der Waals surface area contributed by atoms with E-state index in [1.165, 1.54) is 6.92 Å². The van der Waals surface area contributed by atoms with E-state index in [0.29, 0.717) is 6.07 Å². The molecule has 1 saturated heterocycles. The van der Waals surface area contributed by atoms with Crippen molar-refractivity contribution in [2.75, 3.05) is 11.4 Å². The maximum absolute atomic E-state index is 13.7. The van der Waals surface area contributed by atoms with Crippen molar-refractivity contribution in [1.82, 2.24) is 5.32 Å². The van der Waals surface area contributed by atoms with Gasteiger partial charge in [-0.25, -0.2) is 8.78 Å². The van der Waals surface area contributed by atoms with E-state index in [-0.39, 0.29) is 17.3 Å². The molecule has 0 aromatic heterocycles. The van der Waals surface area contributed by atoms with Crippen LogP contribution in [0.3, 0.4) is 0 Å². The monoisotopic (exact) mass is 274 g/mol. The molecule has 4 nitrogen and oxygen atoms in total. The minimum absolute atomic E-state index is 0.240. The lowest BCUT2D eigenvalue weighted by Crippen LogP contribution is -2.57. The van der Waals surface area contributed by atoms with E-state index >= 15 is 0 Å². The third-order valence-corrected chi connectivity index (χ3v) is 2.96. The largest absolute Gasteiger partial charge is 0.345 e. The summed E-state index contributed by atoms with van der Waals surface area (Å²) in [5.41, 5.74) is -0.273. The minimum atomic E-state index is -0.977. The summed E-state index contributed by atoms with van der Waals surface area (Å²) in [5.74, 6) is -2.75. The highest BCUT2D eigenvalue weighted by molar-refractivity contribution is 6.34. The van der Waals surface area contributed by atoms with Gasteiger partial charge in [0, 0.05) is 6.07 Å². The van der Waals surface area contributed by atoms with Gasteiger partial charge in [-0.05, 0) is 13.0 Å². The summed E-state index contributed by atoms with van der Waals surface area (Å²) in [6.07, 6.45) is 0. The van der Waals surface area contributed by atoms with Gasteiger partial charge in [-0.15, -0.1) is 0 Å². The SMILES string of the molecule is CC1C(=O)NCC(=O)N1c1c(F)cc(F)cc1Cl. The Balaban J connectivity index is 2.53. The van der Waals surface area contributed by atoms with Crippen molar-refractivity contribution in [1.29, 1.82) is 0 Å². The van der Waals surface area contributed by atoms with Gasteiger partial charge < -0.3 is 5.32 Å². The molecule has 1 N–H and O–H groups in total. The Bertz CT molecular complexity index is 513. The normalized spacial score (nSPS) is 20.0. The Morgan fingerprint density at radius 3 is 2.67 bits per heavy atom. The molecule has 96 valence electrons. The zero-order valence-electron chi connectivity index (χ0n) is 9.34. The molecule has 1 aromatic rings. The second-order valence-electron chi connectivity index (χ2n) is 3.88. The van der Waals surface area contributed by atoms with Gasteiger partial charge in [0.15, 0.2) is 5.82 Å². The Kier molecular flexibility index (Phi) is 3.21. The molecule has 2 amide bonds. The number of nitrogens with one attached hydrogen (secondary N) is 1. The van der Waals surface area contributed by atoms with E-state index in [0.717, 1.165) is 11.0 Å². The Morgan fingerprint density at radius 2 is 2.06 bits per heavy atom. The standard InChI is InChI=1S/C11H9ClF2N2O2/c1-5-11(18)15-4-9(17)16(5)10-7(12)2-6(13)3-8(10)14/h2-3,5H,4H2,1H3,(H,15,18). The molecule has 0 bridgehead atoms. The van der Waals surface area contributed by atoms with Crippen LogP contribution in [0.15, 0.2) is 12.1 Å². The number of halogens is 3. The fourth-order valence-electron chi connectivity index (χ4n) is 1.81. The van der Waals surface area contributed by atoms with Crippen LogP contribution < -0.4 is 10.2 Å². The van der Waals surface area contributed by atoms with Crippen molar-refractivity contribution < 1.29 is 18.4 Å². The molecule has 2 rings (SSSR count). The number of rotatable bonds is 1. The van der Waals surface area contributed by atoms with Gasteiger partial charge in [-0.1, -0.05) is 11.6 Å². The van der Waals surface area contributed by atoms with Crippen LogP contribution in [-0.4, -0.2) is 24.4 Å². The molecule has 1 fully saturated rings. The van der Waals surface area contributed by atoms with Crippen LogP contribution in [-0.2, 0) is 9.59 Å². The zero-order valence-corrected chi connectivity index (χ0v) is 10.1. The fourth-order valence-corrected chi connectivity index (χ4v) is 2.10. The minimum Gasteiger partial charge on any atom is -0.345 e. The molecule has 1 unspecified atom stereocenters. The van der Waals surface area contributed by atoms with Crippen LogP contribution in [0, 0.1) is 11.6 Å². The molecule has 1 aromatic carbocycles. The van der Waals surface area contributed by atoms with Crippen molar-refractivity contribution in [3.05, 3.63) is 28.8 Å². The molecule has 0 radical (unpaired) electrons. The van der Waals surface area contributed by atoms with Crippen LogP contribution in [0.2, 0.25) is 5.02 Å². The van der Waals surface area contributed by atoms with Crippen LogP contribution in [0.1, 0.15) is 6.92 Å². The number of anilines is 1. The summed E-state index contributed by atoms with van der Waals surface area (Å²) < 4.78 is 26.7. The Hall–Kier alpha value is -1.69. The second kappa shape index (κ2) is 4.53. The van der Waals surface area contributed by atoms with E-state index in [2.05, 4.69) is 5.32 Å². The summed E-state index contributed by atoms with van der Waals surface area (Å²) in [7, 11) is 0. The van der Waals surface area contributed by atoms with E-state index < -0.39 is 29.5 Å². The average molecular weight is 275 g/mol. The van der Waals surface area contributed by atoms with Gasteiger partial charge in [0.05, 0.1) is 17.3 Å². The highest BCUT2D eigenvalue weighted by Gasteiger charge is 2.35. The van der Waals surface area contributed by atoms with Gasteiger partial charge in [-0.3, -0.25) is 14.5 Å². The van der Waals surface area contributed by atoms with Gasteiger partial charge in [0.1, 0.15) is 11.9 Å². The summed E-state index contributed by atoms with van der Waals surface area (Å²) in [4.78, 5) is 24.1. The van der Waals surface area contributed by atoms with Crippen LogP contribution >= 0.6 is 11.6 Å². The number of carbonyl (C=O) groups is 2. The van der Waals surface area contributed by atoms with Crippen molar-refractivity contribution in [2.24, 2.45) is 0 Å². The molecular weight excluding hydrogens is 266 g/mol. The van der Waals surface area contributed by atoms with Crippen molar-refractivity contribution >= 4 is 29.1 Å². The number of benzene rings is 1. The first kappa shape index (κ1) is 12.8. The van der Waals surface area contributed by atoms with E-state index in [1.807, 2.05) is 0 Å². The van der Waals surface area contributed by atoms with Crippen molar-refractivity contribution in [2.45, 2.75) is 13.0 Å². The topological polar surface area (TPSA) is 49.4 Å². The number of hydrogen-bond donors (Lipinski definition) is 1. The zero-order chi connectivity index (χ0) is 13.4. The predicted octanol–water partition coefficient (Wildman–Crippen LogP) is 1.47. The third-order valence-electron chi connectivity index (χ3n) is 2.67. The van der Waals surface area contributed by atoms with Crippen LogP contribution in [0.5, 0.6) is 0 Å². The maximum Gasteiger partial charge on any atom is 0.247 e. The van der Waals surface area contributed by atoms with E-state index in [4.69, 9.17) is 11.6 Å². The first-order valence-electron chi connectivity index (χ1n) is 5.16. The smallest absolute Gasteiger partial charge is 0.247 e. The van der Waals surface area contributed by atoms with Gasteiger partial charge in [0.25, 0.3) is 0 Å². The number of amides is 2. The molecule has 1 aliphatic rings. The summed E-state index contributed by atoms with van der Waals surface area (Å²) >= 11 is 5.74. The molecule has 0 saturated carbocycles. The van der Waals surface area contributed by atoms with Crippen LogP contribution in [0.4, 0.5) is 14.5 Å². The first-order valence-corrected chi connectivity index (χ1v) is 5.54. The highest BCUT2D eigenvalue weighted by Crippen LogP contribution is 2.32. The fraction of sp³-hybridized carbons (Fsp3) is 0.273.